The molecule has 22 heavy (non-hydrogen) atoms. The topological polar surface area (TPSA) is 26.3 Å². The van der Waals surface area contributed by atoms with E-state index >= 15 is 0 Å². The van der Waals surface area contributed by atoms with E-state index in [-0.39, 0.29) is 0 Å². The van der Waals surface area contributed by atoms with Crippen LogP contribution in [-0.2, 0) is 6.42 Å². The van der Waals surface area contributed by atoms with Gasteiger partial charge in [0, 0.05) is 21.9 Å². The van der Waals surface area contributed by atoms with Gasteiger partial charge < -0.3 is 8.83 Å². The molecule has 0 saturated carbocycles. The van der Waals surface area contributed by atoms with Crippen LogP contribution in [0, 0.1) is 0 Å². The maximum Gasteiger partial charge on any atom is 0.178 e. The van der Waals surface area contributed by atoms with Crippen LogP contribution in [0.5, 0.6) is 0 Å². The fourth-order valence-corrected chi connectivity index (χ4v) is 3.93. The summed E-state index contributed by atoms with van der Waals surface area (Å²) in [6, 6.07) is 14.3. The summed E-state index contributed by atoms with van der Waals surface area (Å²) < 4.78 is 12.6. The molecule has 0 amide bonds. The van der Waals surface area contributed by atoms with Crippen molar-refractivity contribution in [2.24, 2.45) is 0 Å². The number of fused-ring (bicyclic) bond motifs is 4. The van der Waals surface area contributed by atoms with Gasteiger partial charge in [-0.25, -0.2) is 0 Å². The van der Waals surface area contributed by atoms with Gasteiger partial charge in [0.2, 0.25) is 0 Å². The summed E-state index contributed by atoms with van der Waals surface area (Å²) in [5.41, 5.74) is 5.34. The summed E-state index contributed by atoms with van der Waals surface area (Å²) in [6.45, 7) is 0. The van der Waals surface area contributed by atoms with Crippen LogP contribution in [0.3, 0.4) is 0 Å². The molecule has 106 valence electrons. The molecule has 0 atom stereocenters. The summed E-state index contributed by atoms with van der Waals surface area (Å²) in [6.07, 6.45) is 5.13. The third-order valence-corrected chi connectivity index (χ3v) is 4.82. The number of rotatable bonds is 1. The highest BCUT2D eigenvalue weighted by Gasteiger charge is 2.22. The summed E-state index contributed by atoms with van der Waals surface area (Å²) in [5, 5.41) is 2.30. The second kappa shape index (κ2) is 4.37. The van der Waals surface area contributed by atoms with Crippen LogP contribution >= 0.6 is 15.9 Å². The number of benzene rings is 2. The molecule has 1 aliphatic carbocycles. The van der Waals surface area contributed by atoms with E-state index < -0.39 is 0 Å². The highest BCUT2D eigenvalue weighted by molar-refractivity contribution is 9.10. The molecule has 2 nitrogen and oxygen atoms in total. The Bertz CT molecular complexity index is 1070. The largest absolute Gasteiger partial charge is 0.456 e. The van der Waals surface area contributed by atoms with Gasteiger partial charge in [0.1, 0.15) is 16.9 Å². The Kier molecular flexibility index (Phi) is 2.44. The Morgan fingerprint density at radius 2 is 1.77 bits per heavy atom. The lowest BCUT2D eigenvalue weighted by molar-refractivity contribution is 0.589. The molecule has 2 aromatic carbocycles. The number of halogens is 1. The van der Waals surface area contributed by atoms with Crippen molar-refractivity contribution in [1.82, 2.24) is 0 Å². The fraction of sp³-hybridized carbons (Fsp3) is 0.0526. The SMILES string of the molecule is Brc1oc2ccccc2c1-c1cccc2oc3c(c12)CC=C3. The van der Waals surface area contributed by atoms with Gasteiger partial charge in [-0.2, -0.15) is 0 Å². The van der Waals surface area contributed by atoms with Crippen LogP contribution in [0.1, 0.15) is 11.3 Å². The van der Waals surface area contributed by atoms with E-state index in [0.717, 1.165) is 44.5 Å². The second-order valence-electron chi connectivity index (χ2n) is 5.48. The van der Waals surface area contributed by atoms with E-state index in [4.69, 9.17) is 8.83 Å². The summed E-state index contributed by atoms with van der Waals surface area (Å²) in [5.74, 6) is 0.978. The Hall–Kier alpha value is -2.26. The molecule has 0 saturated heterocycles. The lowest BCUT2D eigenvalue weighted by Crippen LogP contribution is -1.83. The second-order valence-corrected chi connectivity index (χ2v) is 6.20. The minimum absolute atomic E-state index is 0.766. The van der Waals surface area contributed by atoms with Gasteiger partial charge in [0.15, 0.2) is 4.67 Å². The minimum atomic E-state index is 0.766. The van der Waals surface area contributed by atoms with Crippen LogP contribution in [0.15, 0.2) is 62.0 Å². The number of para-hydroxylation sites is 1. The number of hydrogen-bond acceptors (Lipinski definition) is 2. The molecular formula is C19H11BrO2. The summed E-state index contributed by atoms with van der Waals surface area (Å²) in [7, 11) is 0. The number of furan rings is 2. The van der Waals surface area contributed by atoms with Crippen molar-refractivity contribution in [3.63, 3.8) is 0 Å². The highest BCUT2D eigenvalue weighted by Crippen LogP contribution is 2.44. The Labute approximate surface area is 135 Å². The van der Waals surface area contributed by atoms with Crippen molar-refractivity contribution in [2.45, 2.75) is 6.42 Å². The Morgan fingerprint density at radius 1 is 0.909 bits per heavy atom. The standard InChI is InChI=1S/C19H11BrO2/c20-19-18(12-5-1-2-8-15(12)22-19)13-7-4-10-16-17(13)11-6-3-9-14(11)21-16/h1-5,7-10H,6H2. The van der Waals surface area contributed by atoms with Crippen molar-refractivity contribution < 1.29 is 8.83 Å². The molecule has 0 fully saturated rings. The van der Waals surface area contributed by atoms with Gasteiger partial charge in [-0.15, -0.1) is 0 Å². The van der Waals surface area contributed by atoms with Crippen molar-refractivity contribution >= 4 is 43.9 Å². The molecule has 2 aromatic heterocycles. The van der Waals surface area contributed by atoms with Crippen molar-refractivity contribution in [3.8, 4) is 11.1 Å². The Morgan fingerprint density at radius 3 is 2.73 bits per heavy atom. The smallest absolute Gasteiger partial charge is 0.178 e. The average molecular weight is 351 g/mol. The molecule has 5 rings (SSSR count). The zero-order valence-electron chi connectivity index (χ0n) is 11.6. The molecule has 2 heterocycles. The van der Waals surface area contributed by atoms with E-state index in [1.54, 1.807) is 0 Å². The molecule has 4 aromatic rings. The molecule has 0 N–H and O–H groups in total. The van der Waals surface area contributed by atoms with E-state index in [2.05, 4.69) is 40.2 Å². The van der Waals surface area contributed by atoms with Crippen LogP contribution in [-0.4, -0.2) is 0 Å². The molecular weight excluding hydrogens is 340 g/mol. The van der Waals surface area contributed by atoms with Crippen LogP contribution < -0.4 is 0 Å². The third kappa shape index (κ3) is 1.54. The quantitative estimate of drug-likeness (QED) is 0.409. The first kappa shape index (κ1) is 12.3. The lowest BCUT2D eigenvalue weighted by atomic mass is 9.98. The molecule has 0 bridgehead atoms. The molecule has 0 radical (unpaired) electrons. The number of hydrogen-bond donors (Lipinski definition) is 0. The highest BCUT2D eigenvalue weighted by atomic mass is 79.9. The summed E-state index contributed by atoms with van der Waals surface area (Å²) in [4.78, 5) is 0. The molecule has 0 unspecified atom stereocenters. The van der Waals surface area contributed by atoms with Crippen LogP contribution in [0.2, 0.25) is 0 Å². The van der Waals surface area contributed by atoms with Crippen LogP contribution in [0.25, 0.3) is 39.1 Å². The van der Waals surface area contributed by atoms with Gasteiger partial charge >= 0.3 is 0 Å². The predicted molar refractivity (Wildman–Crippen MR) is 91.9 cm³/mol. The van der Waals surface area contributed by atoms with Gasteiger partial charge in [-0.3, -0.25) is 0 Å². The zero-order valence-corrected chi connectivity index (χ0v) is 13.2. The first-order valence-corrected chi connectivity index (χ1v) is 8.00. The van der Waals surface area contributed by atoms with Crippen molar-refractivity contribution in [2.75, 3.05) is 0 Å². The van der Waals surface area contributed by atoms with Crippen molar-refractivity contribution in [3.05, 3.63) is 64.5 Å². The zero-order chi connectivity index (χ0) is 14.7. The van der Waals surface area contributed by atoms with Gasteiger partial charge in [-0.1, -0.05) is 36.4 Å². The average Bonchev–Trinajstić information content (AvgIpc) is 3.17. The van der Waals surface area contributed by atoms with Gasteiger partial charge in [0.05, 0.1) is 0 Å². The predicted octanol–water partition coefficient (Wildman–Crippen LogP) is 6.18. The van der Waals surface area contributed by atoms with E-state index in [1.807, 2.05) is 30.3 Å². The third-order valence-electron chi connectivity index (χ3n) is 4.26. The first-order valence-electron chi connectivity index (χ1n) is 7.21. The van der Waals surface area contributed by atoms with Gasteiger partial charge in [-0.05, 0) is 46.1 Å². The first-order chi connectivity index (χ1) is 10.8. The maximum absolute atomic E-state index is 5.97. The van der Waals surface area contributed by atoms with E-state index in [1.165, 1.54) is 10.9 Å². The van der Waals surface area contributed by atoms with E-state index in [9.17, 15) is 0 Å². The van der Waals surface area contributed by atoms with Crippen LogP contribution in [0.4, 0.5) is 0 Å². The monoisotopic (exact) mass is 350 g/mol. The van der Waals surface area contributed by atoms with E-state index in [0.29, 0.717) is 0 Å². The number of allylic oxidation sites excluding steroid dienone is 1. The lowest BCUT2D eigenvalue weighted by Gasteiger charge is -2.03. The van der Waals surface area contributed by atoms with Crippen molar-refractivity contribution in [1.29, 1.82) is 0 Å². The molecule has 3 heteroatoms. The fourth-order valence-electron chi connectivity index (χ4n) is 3.33. The molecule has 0 aliphatic heterocycles. The van der Waals surface area contributed by atoms with Gasteiger partial charge in [0.25, 0.3) is 0 Å². The Balaban J connectivity index is 1.93. The normalized spacial score (nSPS) is 13.3. The summed E-state index contributed by atoms with van der Waals surface area (Å²) >= 11 is 3.59. The maximum atomic E-state index is 5.97. The minimum Gasteiger partial charge on any atom is -0.456 e. The molecule has 0 spiro atoms. The molecule has 1 aliphatic rings.